The van der Waals surface area contributed by atoms with Crippen molar-refractivity contribution in [2.24, 2.45) is 0 Å². The highest BCUT2D eigenvalue weighted by Gasteiger charge is 1.98. The van der Waals surface area contributed by atoms with Gasteiger partial charge in [0.15, 0.2) is 0 Å². The van der Waals surface area contributed by atoms with E-state index < -0.39 is 0 Å². The maximum atomic E-state index is 4.22. The molecule has 1 atom stereocenters. The molecule has 1 unspecified atom stereocenters. The average Bonchev–Trinajstić information content (AvgIpc) is 2.26. The van der Waals surface area contributed by atoms with Crippen molar-refractivity contribution in [1.82, 2.24) is 0 Å². The van der Waals surface area contributed by atoms with E-state index in [0.717, 1.165) is 11.0 Å². The first-order valence-electron chi connectivity index (χ1n) is 6.53. The van der Waals surface area contributed by atoms with Gasteiger partial charge in [-0.2, -0.15) is 24.4 Å². The Bertz CT molecular complexity index is 115. The molecule has 0 heterocycles. The highest BCUT2D eigenvalue weighted by molar-refractivity contribution is 7.99. The smallest absolute Gasteiger partial charge is 0.00160 e. The SMILES string of the molecule is CCC(C)SCCCCCCCCCS. The Kier molecular flexibility index (Phi) is 13.4. The van der Waals surface area contributed by atoms with Crippen LogP contribution in [0, 0.1) is 0 Å². The Morgan fingerprint density at radius 2 is 1.47 bits per heavy atom. The number of thiol groups is 1. The quantitative estimate of drug-likeness (QED) is 0.388. The molecule has 0 fully saturated rings. The molecule has 0 radical (unpaired) electrons. The molecule has 0 aromatic rings. The molecule has 0 nitrogen and oxygen atoms in total. The van der Waals surface area contributed by atoms with Gasteiger partial charge in [0.25, 0.3) is 0 Å². The summed E-state index contributed by atoms with van der Waals surface area (Å²) in [7, 11) is 0. The standard InChI is InChI=1S/C13H28S2/c1-3-13(2)15-12-10-8-6-4-5-7-9-11-14/h13-14H,3-12H2,1-2H3. The maximum absolute atomic E-state index is 4.22. The first-order valence-corrected chi connectivity index (χ1v) is 8.21. The van der Waals surface area contributed by atoms with Gasteiger partial charge in [-0.25, -0.2) is 0 Å². The van der Waals surface area contributed by atoms with Crippen molar-refractivity contribution < 1.29 is 0 Å². The molecule has 0 aliphatic heterocycles. The third-order valence-electron chi connectivity index (χ3n) is 2.78. The van der Waals surface area contributed by atoms with E-state index >= 15 is 0 Å². The van der Waals surface area contributed by atoms with Gasteiger partial charge in [-0.15, -0.1) is 0 Å². The molecule has 0 N–H and O–H groups in total. The second kappa shape index (κ2) is 12.8. The Labute approximate surface area is 106 Å². The van der Waals surface area contributed by atoms with Gasteiger partial charge in [0, 0.05) is 5.25 Å². The molecule has 0 aromatic heterocycles. The van der Waals surface area contributed by atoms with Gasteiger partial charge in [0.05, 0.1) is 0 Å². The van der Waals surface area contributed by atoms with Gasteiger partial charge in [-0.1, -0.05) is 46.0 Å². The Morgan fingerprint density at radius 3 is 2.00 bits per heavy atom. The van der Waals surface area contributed by atoms with Crippen LogP contribution in [0.25, 0.3) is 0 Å². The fourth-order valence-electron chi connectivity index (χ4n) is 1.50. The van der Waals surface area contributed by atoms with E-state index in [-0.39, 0.29) is 0 Å². The molecule has 0 saturated carbocycles. The summed E-state index contributed by atoms with van der Waals surface area (Å²) < 4.78 is 0. The van der Waals surface area contributed by atoms with Crippen molar-refractivity contribution in [3.63, 3.8) is 0 Å². The van der Waals surface area contributed by atoms with Crippen molar-refractivity contribution in [1.29, 1.82) is 0 Å². The highest BCUT2D eigenvalue weighted by Crippen LogP contribution is 2.16. The molecule has 0 rings (SSSR count). The van der Waals surface area contributed by atoms with Crippen LogP contribution in [0.5, 0.6) is 0 Å². The molecule has 0 aliphatic rings. The van der Waals surface area contributed by atoms with Crippen LogP contribution >= 0.6 is 24.4 Å². The van der Waals surface area contributed by atoms with Gasteiger partial charge in [0.1, 0.15) is 0 Å². The van der Waals surface area contributed by atoms with E-state index in [1.54, 1.807) is 0 Å². The predicted molar refractivity (Wildman–Crippen MR) is 78.4 cm³/mol. The van der Waals surface area contributed by atoms with Gasteiger partial charge >= 0.3 is 0 Å². The zero-order valence-corrected chi connectivity index (χ0v) is 12.2. The first-order chi connectivity index (χ1) is 7.31. The summed E-state index contributed by atoms with van der Waals surface area (Å²) in [4.78, 5) is 0. The topological polar surface area (TPSA) is 0 Å². The molecule has 0 bridgehead atoms. The second-order valence-electron chi connectivity index (χ2n) is 4.29. The molecule has 2 heteroatoms. The maximum Gasteiger partial charge on any atom is 0.00160 e. The number of hydrogen-bond acceptors (Lipinski definition) is 2. The van der Waals surface area contributed by atoms with E-state index in [1.165, 1.54) is 57.1 Å². The van der Waals surface area contributed by atoms with Gasteiger partial charge in [-0.3, -0.25) is 0 Å². The second-order valence-corrected chi connectivity index (χ2v) is 6.28. The molecule has 15 heavy (non-hydrogen) atoms. The minimum absolute atomic E-state index is 0.861. The van der Waals surface area contributed by atoms with Crippen molar-refractivity contribution in [3.8, 4) is 0 Å². The summed E-state index contributed by atoms with van der Waals surface area (Å²) in [5.74, 6) is 2.43. The van der Waals surface area contributed by atoms with Crippen LogP contribution in [0.2, 0.25) is 0 Å². The first kappa shape index (κ1) is 15.7. The molecule has 0 amide bonds. The third-order valence-corrected chi connectivity index (χ3v) is 4.52. The van der Waals surface area contributed by atoms with Crippen LogP contribution in [0.1, 0.15) is 65.2 Å². The van der Waals surface area contributed by atoms with Crippen LogP contribution in [0.4, 0.5) is 0 Å². The number of thioether (sulfide) groups is 1. The average molecular weight is 249 g/mol. The van der Waals surface area contributed by atoms with Gasteiger partial charge in [-0.05, 0) is 30.8 Å². The molecule has 0 spiro atoms. The van der Waals surface area contributed by atoms with Crippen LogP contribution < -0.4 is 0 Å². The zero-order chi connectivity index (χ0) is 11.4. The van der Waals surface area contributed by atoms with Gasteiger partial charge in [0.2, 0.25) is 0 Å². The molecule has 92 valence electrons. The van der Waals surface area contributed by atoms with Crippen molar-refractivity contribution in [3.05, 3.63) is 0 Å². The van der Waals surface area contributed by atoms with Crippen molar-refractivity contribution >= 4 is 24.4 Å². The minimum atomic E-state index is 0.861. The van der Waals surface area contributed by atoms with E-state index in [0.29, 0.717) is 0 Å². The lowest BCUT2D eigenvalue weighted by Crippen LogP contribution is -1.94. The lowest BCUT2D eigenvalue weighted by atomic mass is 10.1. The normalized spacial score (nSPS) is 13.0. The fourth-order valence-corrected chi connectivity index (χ4v) is 2.73. The van der Waals surface area contributed by atoms with Crippen molar-refractivity contribution in [2.45, 2.75) is 70.5 Å². The van der Waals surface area contributed by atoms with E-state index in [1.807, 2.05) is 0 Å². The lowest BCUT2D eigenvalue weighted by Gasteiger charge is -2.07. The van der Waals surface area contributed by atoms with E-state index in [9.17, 15) is 0 Å². The Morgan fingerprint density at radius 1 is 0.933 bits per heavy atom. The number of hydrogen-bond donors (Lipinski definition) is 1. The summed E-state index contributed by atoms with van der Waals surface area (Å²) in [5.41, 5.74) is 0. The zero-order valence-electron chi connectivity index (χ0n) is 10.5. The van der Waals surface area contributed by atoms with Crippen molar-refractivity contribution in [2.75, 3.05) is 11.5 Å². The summed E-state index contributed by atoms with van der Waals surface area (Å²) in [5, 5.41) is 0.861. The summed E-state index contributed by atoms with van der Waals surface area (Å²) in [6.45, 7) is 4.61. The van der Waals surface area contributed by atoms with Gasteiger partial charge < -0.3 is 0 Å². The Balaban J connectivity index is 2.92. The molecule has 0 saturated heterocycles. The summed E-state index contributed by atoms with van der Waals surface area (Å²) in [6, 6.07) is 0. The number of unbranched alkanes of at least 4 members (excludes halogenated alkanes) is 6. The monoisotopic (exact) mass is 248 g/mol. The molecule has 0 aromatic carbocycles. The highest BCUT2D eigenvalue weighted by atomic mass is 32.2. The van der Waals surface area contributed by atoms with Crippen LogP contribution in [0.3, 0.4) is 0 Å². The molecular formula is C13H28S2. The van der Waals surface area contributed by atoms with E-state index in [2.05, 4.69) is 38.2 Å². The number of rotatable bonds is 11. The largest absolute Gasteiger partial charge is 0.179 e. The lowest BCUT2D eigenvalue weighted by molar-refractivity contribution is 0.605. The summed E-state index contributed by atoms with van der Waals surface area (Å²) >= 11 is 6.36. The van der Waals surface area contributed by atoms with Crippen LogP contribution in [-0.4, -0.2) is 16.8 Å². The molecule has 0 aliphatic carbocycles. The fraction of sp³-hybridized carbons (Fsp3) is 1.00. The minimum Gasteiger partial charge on any atom is -0.179 e. The molecular weight excluding hydrogens is 220 g/mol. The van der Waals surface area contributed by atoms with Crippen LogP contribution in [0.15, 0.2) is 0 Å². The third kappa shape index (κ3) is 12.6. The van der Waals surface area contributed by atoms with E-state index in [4.69, 9.17) is 0 Å². The Hall–Kier alpha value is 0.700. The predicted octanol–water partition coefficient (Wildman–Crippen LogP) is 5.18. The summed E-state index contributed by atoms with van der Waals surface area (Å²) in [6.07, 6.45) is 11.1. The van der Waals surface area contributed by atoms with Crippen LogP contribution in [-0.2, 0) is 0 Å².